The maximum absolute atomic E-state index is 13.9. The minimum absolute atomic E-state index is 0.00638. The van der Waals surface area contributed by atoms with Crippen LogP contribution in [0.1, 0.15) is 42.8 Å². The van der Waals surface area contributed by atoms with Crippen molar-refractivity contribution in [3.05, 3.63) is 65.0 Å². The molecule has 1 aromatic heterocycles. The van der Waals surface area contributed by atoms with Crippen molar-refractivity contribution >= 4 is 16.1 Å². The first-order valence-corrected chi connectivity index (χ1v) is 17.8. The number of hydrogen-bond acceptors (Lipinski definition) is 12. The van der Waals surface area contributed by atoms with E-state index < -0.39 is 40.7 Å². The number of aryl methyl sites for hydroxylation is 2. The third-order valence-electron chi connectivity index (χ3n) is 8.90. The molecule has 4 heterocycles. The second-order valence-corrected chi connectivity index (χ2v) is 14.9. The second-order valence-electron chi connectivity index (χ2n) is 13.0. The van der Waals surface area contributed by atoms with Crippen LogP contribution in [0.15, 0.2) is 51.9 Å². The number of rotatable bonds is 14. The van der Waals surface area contributed by atoms with Crippen LogP contribution in [0.25, 0.3) is 0 Å². The standard InChI is InChI=1S/C34H43N3O11S/c1-20(2)15-37(49(40,41)25-9-10-30-31(14-25)46-19-45-30)16-29(38)28(35-34(39)47-32-18-44-33-26(32)11-12-42-33)13-23-5-7-24(8-6-23)43-17-27-21(3)36-48-22(27)4/h5-10,14,20,26,28-29,32-33,38H,11-13,15-19H2,1-4H3,(H,35,39)/t26-,28+,29-,32?,33+/m1/s1. The van der Waals surface area contributed by atoms with Gasteiger partial charge in [-0.25, -0.2) is 13.2 Å². The van der Waals surface area contributed by atoms with Gasteiger partial charge in [0.15, 0.2) is 17.8 Å². The Balaban J connectivity index is 1.18. The number of ether oxygens (including phenoxy) is 6. The molecule has 2 fully saturated rings. The van der Waals surface area contributed by atoms with Crippen LogP contribution in [0.4, 0.5) is 4.79 Å². The number of amides is 1. The van der Waals surface area contributed by atoms with Crippen molar-refractivity contribution in [3.8, 4) is 17.2 Å². The van der Waals surface area contributed by atoms with Gasteiger partial charge in [-0.3, -0.25) is 0 Å². The number of carbonyl (C=O) groups excluding carboxylic acids is 1. The number of nitrogens with one attached hydrogen (secondary N) is 1. The molecule has 2 N–H and O–H groups in total. The lowest BCUT2D eigenvalue weighted by molar-refractivity contribution is -0.0907. The third kappa shape index (κ3) is 8.13. The van der Waals surface area contributed by atoms with Crippen LogP contribution in [0.5, 0.6) is 17.2 Å². The molecule has 3 aliphatic rings. The van der Waals surface area contributed by atoms with Gasteiger partial charge in [-0.1, -0.05) is 31.1 Å². The molecule has 2 saturated heterocycles. The van der Waals surface area contributed by atoms with Crippen LogP contribution in [-0.4, -0.2) is 86.7 Å². The molecular formula is C34H43N3O11S. The van der Waals surface area contributed by atoms with E-state index in [0.29, 0.717) is 36.0 Å². The Hall–Kier alpha value is -3.89. The van der Waals surface area contributed by atoms with Gasteiger partial charge in [0.2, 0.25) is 16.8 Å². The lowest BCUT2D eigenvalue weighted by Crippen LogP contribution is -2.51. The highest BCUT2D eigenvalue weighted by molar-refractivity contribution is 7.89. The monoisotopic (exact) mass is 701 g/mol. The molecule has 3 aromatic rings. The largest absolute Gasteiger partial charge is 0.489 e. The smallest absolute Gasteiger partial charge is 0.407 e. The first-order valence-electron chi connectivity index (χ1n) is 16.4. The minimum Gasteiger partial charge on any atom is -0.489 e. The van der Waals surface area contributed by atoms with Crippen molar-refractivity contribution in [1.29, 1.82) is 0 Å². The van der Waals surface area contributed by atoms with E-state index in [2.05, 4.69) is 10.5 Å². The Labute approximate surface area is 285 Å². The quantitative estimate of drug-likeness (QED) is 0.251. The van der Waals surface area contributed by atoms with Gasteiger partial charge in [-0.2, -0.15) is 4.31 Å². The Bertz CT molecular complexity index is 1690. The number of fused-ring (bicyclic) bond motifs is 2. The molecule has 3 aliphatic heterocycles. The number of sulfonamides is 1. The van der Waals surface area contributed by atoms with Gasteiger partial charge >= 0.3 is 6.09 Å². The molecule has 0 aliphatic carbocycles. The minimum atomic E-state index is -4.08. The van der Waals surface area contributed by atoms with Crippen molar-refractivity contribution < 1.29 is 51.3 Å². The number of aliphatic hydroxyl groups excluding tert-OH is 1. The lowest BCUT2D eigenvalue weighted by atomic mass is 10.0. The average Bonchev–Trinajstić information content (AvgIpc) is 3.87. The van der Waals surface area contributed by atoms with E-state index in [-0.39, 0.29) is 56.2 Å². The maximum Gasteiger partial charge on any atom is 0.407 e. The molecule has 266 valence electrons. The van der Waals surface area contributed by atoms with Gasteiger partial charge < -0.3 is 43.4 Å². The maximum atomic E-state index is 13.9. The normalized spacial score (nSPS) is 21.2. The number of carbonyl (C=O) groups is 1. The van der Waals surface area contributed by atoms with Crippen LogP contribution in [0.3, 0.4) is 0 Å². The number of benzene rings is 2. The van der Waals surface area contributed by atoms with E-state index in [1.807, 2.05) is 39.8 Å². The number of aromatic nitrogens is 1. The highest BCUT2D eigenvalue weighted by Crippen LogP contribution is 2.35. The fraction of sp³-hybridized carbons (Fsp3) is 0.529. The molecular weight excluding hydrogens is 658 g/mol. The first-order chi connectivity index (χ1) is 23.5. The van der Waals surface area contributed by atoms with Crippen molar-refractivity contribution in [2.45, 2.75) is 76.6 Å². The molecule has 5 atom stereocenters. The molecule has 1 unspecified atom stereocenters. The molecule has 1 amide bonds. The number of nitrogens with zero attached hydrogens (tertiary/aromatic N) is 2. The molecule has 0 bridgehead atoms. The van der Waals surface area contributed by atoms with Crippen molar-refractivity contribution in [2.75, 3.05) is 33.1 Å². The van der Waals surface area contributed by atoms with Gasteiger partial charge in [-0.05, 0) is 62.4 Å². The van der Waals surface area contributed by atoms with Gasteiger partial charge in [0.25, 0.3) is 0 Å². The highest BCUT2D eigenvalue weighted by atomic mass is 32.2. The van der Waals surface area contributed by atoms with Crippen molar-refractivity contribution in [1.82, 2.24) is 14.8 Å². The summed E-state index contributed by atoms with van der Waals surface area (Å²) in [6.45, 7) is 8.33. The number of alkyl carbamates (subject to hydrolysis) is 1. The zero-order chi connectivity index (χ0) is 34.7. The summed E-state index contributed by atoms with van der Waals surface area (Å²) >= 11 is 0. The Morgan fingerprint density at radius 3 is 2.59 bits per heavy atom. The van der Waals surface area contributed by atoms with Gasteiger partial charge in [0.1, 0.15) is 24.2 Å². The second kappa shape index (κ2) is 14.9. The molecule has 2 aromatic carbocycles. The number of aliphatic hydroxyl groups is 1. The Morgan fingerprint density at radius 1 is 1.08 bits per heavy atom. The summed E-state index contributed by atoms with van der Waals surface area (Å²) in [5.74, 6) is 1.96. The average molecular weight is 702 g/mol. The topological polar surface area (TPSA) is 168 Å². The van der Waals surface area contributed by atoms with Gasteiger partial charge in [0.05, 0.1) is 47.4 Å². The van der Waals surface area contributed by atoms with E-state index in [1.165, 1.54) is 16.4 Å². The first kappa shape index (κ1) is 35.0. The van der Waals surface area contributed by atoms with Crippen molar-refractivity contribution in [3.63, 3.8) is 0 Å². The Kier molecular flexibility index (Phi) is 10.6. The van der Waals surface area contributed by atoms with E-state index in [4.69, 9.17) is 32.9 Å². The lowest BCUT2D eigenvalue weighted by Gasteiger charge is -2.31. The summed E-state index contributed by atoms with van der Waals surface area (Å²) in [6.07, 6.45) is -2.06. The van der Waals surface area contributed by atoms with E-state index in [9.17, 15) is 18.3 Å². The highest BCUT2D eigenvalue weighted by Gasteiger charge is 2.44. The van der Waals surface area contributed by atoms with E-state index in [1.54, 1.807) is 18.2 Å². The molecule has 0 radical (unpaired) electrons. The molecule has 15 heteroatoms. The molecule has 6 rings (SSSR count). The predicted molar refractivity (Wildman–Crippen MR) is 174 cm³/mol. The van der Waals surface area contributed by atoms with E-state index in [0.717, 1.165) is 16.8 Å². The predicted octanol–water partition coefficient (Wildman–Crippen LogP) is 3.71. The van der Waals surface area contributed by atoms with Crippen LogP contribution in [-0.2, 0) is 37.3 Å². The molecule has 0 saturated carbocycles. The van der Waals surface area contributed by atoms with Crippen LogP contribution >= 0.6 is 0 Å². The van der Waals surface area contributed by atoms with Crippen LogP contribution < -0.4 is 19.5 Å². The fourth-order valence-corrected chi connectivity index (χ4v) is 7.83. The number of hydrogen-bond donors (Lipinski definition) is 2. The van der Waals surface area contributed by atoms with Crippen molar-refractivity contribution in [2.24, 2.45) is 11.8 Å². The molecule has 0 spiro atoms. The fourth-order valence-electron chi connectivity index (χ4n) is 6.19. The summed E-state index contributed by atoms with van der Waals surface area (Å²) < 4.78 is 67.9. The third-order valence-corrected chi connectivity index (χ3v) is 10.7. The van der Waals surface area contributed by atoms with Crippen LogP contribution in [0.2, 0.25) is 0 Å². The SMILES string of the molecule is Cc1noc(C)c1COc1ccc(C[C@H](NC(=O)OC2CO[C@@H]3OCC[C@H]23)[C@H](O)CN(CC(C)C)S(=O)(=O)c2ccc3c(c2)OCO3)cc1. The summed E-state index contributed by atoms with van der Waals surface area (Å²) in [7, 11) is -4.08. The van der Waals surface area contributed by atoms with Gasteiger partial charge in [-0.15, -0.1) is 0 Å². The van der Waals surface area contributed by atoms with Crippen LogP contribution in [0, 0.1) is 25.7 Å². The zero-order valence-electron chi connectivity index (χ0n) is 28.0. The Morgan fingerprint density at radius 2 is 1.86 bits per heavy atom. The summed E-state index contributed by atoms with van der Waals surface area (Å²) in [4.78, 5) is 13.3. The summed E-state index contributed by atoms with van der Waals surface area (Å²) in [6, 6.07) is 10.8. The van der Waals surface area contributed by atoms with Gasteiger partial charge in [0, 0.05) is 19.2 Å². The molecule has 14 nitrogen and oxygen atoms in total. The summed E-state index contributed by atoms with van der Waals surface area (Å²) in [5, 5.41) is 18.4. The molecule has 49 heavy (non-hydrogen) atoms. The van der Waals surface area contributed by atoms with E-state index >= 15 is 0 Å². The summed E-state index contributed by atoms with van der Waals surface area (Å²) in [5.41, 5.74) is 2.41. The zero-order valence-corrected chi connectivity index (χ0v) is 28.8.